The molecule has 0 aliphatic carbocycles. The first kappa shape index (κ1) is 19.9. The summed E-state index contributed by atoms with van der Waals surface area (Å²) in [5.74, 6) is 0.953. The van der Waals surface area contributed by atoms with Crippen LogP contribution in [0.1, 0.15) is 34.5 Å². The van der Waals surface area contributed by atoms with Crippen molar-refractivity contribution >= 4 is 11.7 Å². The number of aromatic hydroxyl groups is 1. The van der Waals surface area contributed by atoms with Crippen LogP contribution in [0, 0.1) is 0 Å². The number of hydrogen-bond donors (Lipinski definition) is 2. The maximum Gasteiger partial charge on any atom is 0.359 e. The monoisotopic (exact) mass is 422 g/mol. The highest BCUT2D eigenvalue weighted by atomic mass is 16.3. The molecular weight excluding hydrogens is 398 g/mol. The van der Waals surface area contributed by atoms with Crippen LogP contribution < -0.4 is 9.88 Å². The number of phenols is 1. The quantitative estimate of drug-likeness (QED) is 0.463. The number of rotatable bonds is 5. The minimum atomic E-state index is -0.371. The Labute approximate surface area is 187 Å². The molecule has 0 fully saturated rings. The molecule has 0 amide bonds. The van der Waals surface area contributed by atoms with E-state index in [-0.39, 0.29) is 23.6 Å². The van der Waals surface area contributed by atoms with Gasteiger partial charge in [-0.2, -0.15) is 4.57 Å². The number of benzene rings is 3. The Hall–Kier alpha value is -3.99. The predicted molar refractivity (Wildman–Crippen MR) is 124 cm³/mol. The van der Waals surface area contributed by atoms with Crippen molar-refractivity contribution in [2.45, 2.75) is 25.3 Å². The van der Waals surface area contributed by atoms with Gasteiger partial charge in [-0.05, 0) is 35.4 Å². The summed E-state index contributed by atoms with van der Waals surface area (Å²) in [4.78, 5) is 18.4. The van der Waals surface area contributed by atoms with Crippen molar-refractivity contribution in [3.63, 3.8) is 0 Å². The van der Waals surface area contributed by atoms with Crippen molar-refractivity contribution in [1.82, 2.24) is 4.98 Å². The van der Waals surface area contributed by atoms with Gasteiger partial charge in [0.25, 0.3) is 0 Å². The number of hydrogen-bond acceptors (Lipinski definition) is 4. The second-order valence-electron chi connectivity index (χ2n) is 8.16. The number of aromatic nitrogens is 2. The molecule has 0 radical (unpaired) electrons. The number of carbonyl (C=O) groups is 1. The van der Waals surface area contributed by atoms with Crippen LogP contribution in [0.4, 0.5) is 5.82 Å². The number of phenolic OH excluding ortho intramolecular Hbond substituents is 1. The zero-order chi connectivity index (χ0) is 22.1. The van der Waals surface area contributed by atoms with Crippen LogP contribution in [0.5, 0.6) is 5.75 Å². The Morgan fingerprint density at radius 3 is 2.31 bits per heavy atom. The molecule has 0 saturated carbocycles. The standard InChI is InChI=1S/C27H23N3O2/c1-18(20-10-6-3-7-11-20)25-27(32)30-17-24(21-12-14-22(31)15-13-21)28-23(26(30)29-25)16-19-8-4-2-5-9-19/h2-15,17-18,25,31H,16H2,1H3/p+1. The van der Waals surface area contributed by atoms with Gasteiger partial charge in [-0.3, -0.25) is 5.32 Å². The van der Waals surface area contributed by atoms with Crippen LogP contribution in [-0.2, 0) is 6.42 Å². The van der Waals surface area contributed by atoms with E-state index in [1.807, 2.05) is 48.5 Å². The zero-order valence-electron chi connectivity index (χ0n) is 17.8. The maximum atomic E-state index is 13.5. The number of fused-ring (bicyclic) bond motifs is 1. The molecule has 158 valence electrons. The third-order valence-electron chi connectivity index (χ3n) is 6.02. The largest absolute Gasteiger partial charge is 0.508 e. The van der Waals surface area contributed by atoms with Crippen molar-refractivity contribution < 1.29 is 14.5 Å². The van der Waals surface area contributed by atoms with Crippen LogP contribution in [0.25, 0.3) is 11.3 Å². The van der Waals surface area contributed by atoms with E-state index in [2.05, 4.69) is 36.5 Å². The molecular formula is C27H24N3O2+. The smallest absolute Gasteiger partial charge is 0.359 e. The molecule has 1 aromatic heterocycles. The molecule has 4 aromatic rings. The fourth-order valence-electron chi connectivity index (χ4n) is 4.21. The molecule has 2 heterocycles. The number of anilines is 1. The van der Waals surface area contributed by atoms with Crippen molar-refractivity contribution in [2.24, 2.45) is 0 Å². The van der Waals surface area contributed by atoms with Gasteiger partial charge in [-0.25, -0.2) is 9.78 Å². The van der Waals surface area contributed by atoms with Crippen molar-refractivity contribution in [1.29, 1.82) is 0 Å². The third kappa shape index (κ3) is 3.73. The highest BCUT2D eigenvalue weighted by Gasteiger charge is 2.44. The van der Waals surface area contributed by atoms with E-state index in [4.69, 9.17) is 4.98 Å². The van der Waals surface area contributed by atoms with E-state index in [1.165, 1.54) is 0 Å². The number of nitrogens with zero attached hydrogens (tertiary/aromatic N) is 2. The first-order chi connectivity index (χ1) is 15.6. The molecule has 5 nitrogen and oxygen atoms in total. The summed E-state index contributed by atoms with van der Waals surface area (Å²) in [5.41, 5.74) is 4.60. The molecule has 0 spiro atoms. The Morgan fingerprint density at radius 1 is 0.969 bits per heavy atom. The Morgan fingerprint density at radius 2 is 1.62 bits per heavy atom. The maximum absolute atomic E-state index is 13.5. The van der Waals surface area contributed by atoms with Gasteiger partial charge in [0.1, 0.15) is 23.3 Å². The minimum absolute atomic E-state index is 0.00491. The van der Waals surface area contributed by atoms with Crippen LogP contribution in [0.3, 0.4) is 0 Å². The summed E-state index contributed by atoms with van der Waals surface area (Å²) in [6.45, 7) is 2.07. The lowest BCUT2D eigenvalue weighted by Gasteiger charge is -2.13. The topological polar surface area (TPSA) is 66.1 Å². The summed E-state index contributed by atoms with van der Waals surface area (Å²) in [5, 5.41) is 13.1. The summed E-state index contributed by atoms with van der Waals surface area (Å²) in [7, 11) is 0. The zero-order valence-corrected chi connectivity index (χ0v) is 17.8. The SMILES string of the molecule is CC(c1ccccc1)C1Nc2c(Cc3ccccc3)nc(-c3ccc(O)cc3)c[n+]2C1=O. The normalized spacial score (nSPS) is 15.8. The lowest BCUT2D eigenvalue weighted by atomic mass is 9.93. The molecule has 5 rings (SSSR count). The van der Waals surface area contributed by atoms with E-state index >= 15 is 0 Å². The molecule has 32 heavy (non-hydrogen) atoms. The summed E-state index contributed by atoms with van der Waals surface area (Å²) >= 11 is 0. The van der Waals surface area contributed by atoms with Gasteiger partial charge in [-0.15, -0.1) is 0 Å². The van der Waals surface area contributed by atoms with E-state index in [0.717, 1.165) is 28.2 Å². The predicted octanol–water partition coefficient (Wildman–Crippen LogP) is 4.57. The number of carbonyl (C=O) groups excluding carboxylic acids is 1. The van der Waals surface area contributed by atoms with Crippen LogP contribution in [-0.4, -0.2) is 22.0 Å². The van der Waals surface area contributed by atoms with Gasteiger partial charge in [0.15, 0.2) is 0 Å². The highest BCUT2D eigenvalue weighted by Crippen LogP contribution is 2.29. The fourth-order valence-corrected chi connectivity index (χ4v) is 4.21. The molecule has 2 atom stereocenters. The molecule has 2 unspecified atom stereocenters. The van der Waals surface area contributed by atoms with Gasteiger partial charge in [0.2, 0.25) is 6.04 Å². The highest BCUT2D eigenvalue weighted by molar-refractivity contribution is 5.83. The van der Waals surface area contributed by atoms with Gasteiger partial charge in [0, 0.05) is 17.9 Å². The fraction of sp³-hybridized carbons (Fsp3) is 0.148. The molecule has 0 saturated heterocycles. The van der Waals surface area contributed by atoms with E-state index in [9.17, 15) is 9.90 Å². The van der Waals surface area contributed by atoms with Gasteiger partial charge < -0.3 is 5.11 Å². The second kappa shape index (κ2) is 8.27. The van der Waals surface area contributed by atoms with Crippen molar-refractivity contribution in [2.75, 3.05) is 5.32 Å². The molecule has 1 aliphatic heterocycles. The Kier molecular flexibility index (Phi) is 5.15. The molecule has 0 bridgehead atoms. The van der Waals surface area contributed by atoms with Crippen LogP contribution >= 0.6 is 0 Å². The van der Waals surface area contributed by atoms with Crippen molar-refractivity contribution in [3.8, 4) is 17.0 Å². The van der Waals surface area contributed by atoms with E-state index in [0.29, 0.717) is 12.1 Å². The average molecular weight is 423 g/mol. The molecule has 1 aliphatic rings. The molecule has 5 heteroatoms. The summed E-state index contributed by atoms with van der Waals surface area (Å²) in [6, 6.07) is 26.7. The van der Waals surface area contributed by atoms with Gasteiger partial charge in [-0.1, -0.05) is 67.6 Å². The first-order valence-corrected chi connectivity index (χ1v) is 10.7. The lowest BCUT2D eigenvalue weighted by Crippen LogP contribution is -2.45. The minimum Gasteiger partial charge on any atom is -0.508 e. The van der Waals surface area contributed by atoms with Gasteiger partial charge in [0.05, 0.1) is 0 Å². The Bertz CT molecular complexity index is 1260. The van der Waals surface area contributed by atoms with E-state index < -0.39 is 0 Å². The molecule has 2 N–H and O–H groups in total. The average Bonchev–Trinajstić information content (AvgIpc) is 3.17. The summed E-state index contributed by atoms with van der Waals surface area (Å²) < 4.78 is 1.71. The second-order valence-corrected chi connectivity index (χ2v) is 8.16. The van der Waals surface area contributed by atoms with Crippen LogP contribution in [0.15, 0.2) is 91.1 Å². The third-order valence-corrected chi connectivity index (χ3v) is 6.02. The lowest BCUT2D eigenvalue weighted by molar-refractivity contribution is -0.552. The summed E-state index contributed by atoms with van der Waals surface area (Å²) in [6.07, 6.45) is 2.40. The Balaban J connectivity index is 1.58. The number of nitrogens with one attached hydrogen (secondary N) is 1. The molecule has 3 aromatic carbocycles. The van der Waals surface area contributed by atoms with Crippen LogP contribution in [0.2, 0.25) is 0 Å². The van der Waals surface area contributed by atoms with Gasteiger partial charge >= 0.3 is 11.7 Å². The first-order valence-electron chi connectivity index (χ1n) is 10.7. The van der Waals surface area contributed by atoms with Crippen molar-refractivity contribution in [3.05, 3.63) is 108 Å². The van der Waals surface area contributed by atoms with E-state index in [1.54, 1.807) is 22.9 Å².